The van der Waals surface area contributed by atoms with Gasteiger partial charge in [-0.25, -0.2) is 0 Å². The number of carbonyl (C=O) groups excluding carboxylic acids is 1. The largest absolute Gasteiger partial charge is 0.372 e. The molecule has 0 spiro atoms. The lowest BCUT2D eigenvalue weighted by molar-refractivity contribution is -0.106. The van der Waals surface area contributed by atoms with Crippen LogP contribution in [-0.4, -0.2) is 29.9 Å². The molecular weight excluding hydrogens is 166 g/mol. The Morgan fingerprint density at radius 3 is 2.70 bits per heavy atom. The molecule has 0 radical (unpaired) electrons. The van der Waals surface area contributed by atoms with E-state index in [0.717, 1.165) is 6.29 Å². The third-order valence-electron chi connectivity index (χ3n) is 1.09. The fourth-order valence-electron chi connectivity index (χ4n) is 0.571. The lowest BCUT2D eigenvalue weighted by Crippen LogP contribution is -2.07. The van der Waals surface area contributed by atoms with Gasteiger partial charge in [0.05, 0.1) is 5.03 Å². The van der Waals surface area contributed by atoms with Crippen LogP contribution < -0.4 is 0 Å². The monoisotopic (exact) mass is 175 g/mol. The van der Waals surface area contributed by atoms with Crippen molar-refractivity contribution in [3.63, 3.8) is 0 Å². The van der Waals surface area contributed by atoms with E-state index in [-0.39, 0.29) is 4.58 Å². The lowest BCUT2D eigenvalue weighted by atomic mass is 10.8. The highest BCUT2D eigenvalue weighted by Gasteiger charge is 2.18. The Morgan fingerprint density at radius 1 is 1.70 bits per heavy atom. The van der Waals surface area contributed by atoms with E-state index < -0.39 is 0 Å². The van der Waals surface area contributed by atoms with E-state index in [9.17, 15) is 4.79 Å². The molecule has 1 rings (SSSR count). The second-order valence-electron chi connectivity index (χ2n) is 2.11. The molecule has 0 aromatic rings. The Morgan fingerprint density at radius 2 is 2.40 bits per heavy atom. The van der Waals surface area contributed by atoms with Gasteiger partial charge in [-0.05, 0) is 0 Å². The van der Waals surface area contributed by atoms with Crippen molar-refractivity contribution in [2.45, 2.75) is 4.58 Å². The molecule has 1 unspecified atom stereocenters. The Bertz CT molecular complexity index is 167. The minimum atomic E-state index is 0.0809. The first-order chi connectivity index (χ1) is 4.74. The zero-order valence-corrected chi connectivity index (χ0v) is 7.54. The topological polar surface area (TPSA) is 20.3 Å². The van der Waals surface area contributed by atoms with Crippen LogP contribution in [0.5, 0.6) is 0 Å². The van der Waals surface area contributed by atoms with Crippen molar-refractivity contribution in [1.82, 2.24) is 4.90 Å². The smallest absolute Gasteiger partial charge is 0.143 e. The molecule has 0 aromatic heterocycles. The minimum absolute atomic E-state index is 0.0809. The highest BCUT2D eigenvalue weighted by Crippen LogP contribution is 2.39. The number of hydrogen-bond acceptors (Lipinski definition) is 4. The molecule has 1 atom stereocenters. The van der Waals surface area contributed by atoms with Crippen LogP contribution in [0.15, 0.2) is 10.4 Å². The SMILES string of the molecule is CN(C)C1=CSC(C=O)S1. The number of aldehydes is 1. The molecule has 0 aliphatic carbocycles. The first kappa shape index (κ1) is 8.01. The van der Waals surface area contributed by atoms with E-state index in [4.69, 9.17) is 0 Å². The molecule has 2 nitrogen and oxygen atoms in total. The van der Waals surface area contributed by atoms with Gasteiger partial charge in [-0.3, -0.25) is 0 Å². The third-order valence-corrected chi connectivity index (χ3v) is 3.67. The van der Waals surface area contributed by atoms with Crippen LogP contribution in [0.4, 0.5) is 0 Å². The van der Waals surface area contributed by atoms with Crippen molar-refractivity contribution >= 4 is 29.8 Å². The van der Waals surface area contributed by atoms with Crippen LogP contribution in [0.2, 0.25) is 0 Å². The molecule has 0 saturated carbocycles. The maximum Gasteiger partial charge on any atom is 0.143 e. The summed E-state index contributed by atoms with van der Waals surface area (Å²) >= 11 is 3.17. The first-order valence-corrected chi connectivity index (χ1v) is 4.71. The second kappa shape index (κ2) is 3.34. The fourth-order valence-corrected chi connectivity index (χ4v) is 2.67. The maximum absolute atomic E-state index is 10.3. The fraction of sp³-hybridized carbons (Fsp3) is 0.500. The normalized spacial score (nSPS) is 24.2. The van der Waals surface area contributed by atoms with Gasteiger partial charge >= 0.3 is 0 Å². The van der Waals surface area contributed by atoms with E-state index >= 15 is 0 Å². The van der Waals surface area contributed by atoms with Crippen LogP contribution in [0.3, 0.4) is 0 Å². The number of hydrogen-bond donors (Lipinski definition) is 0. The minimum Gasteiger partial charge on any atom is -0.372 e. The predicted molar refractivity (Wildman–Crippen MR) is 46.8 cm³/mol. The second-order valence-corrected chi connectivity index (χ2v) is 4.58. The van der Waals surface area contributed by atoms with Crippen molar-refractivity contribution in [3.8, 4) is 0 Å². The molecule has 0 bridgehead atoms. The Kier molecular flexibility index (Phi) is 2.68. The van der Waals surface area contributed by atoms with Crippen molar-refractivity contribution in [2.75, 3.05) is 14.1 Å². The highest BCUT2D eigenvalue weighted by molar-refractivity contribution is 8.23. The van der Waals surface area contributed by atoms with Gasteiger partial charge in [0.25, 0.3) is 0 Å². The summed E-state index contributed by atoms with van der Waals surface area (Å²) in [5.74, 6) is 0. The summed E-state index contributed by atoms with van der Waals surface area (Å²) in [7, 11) is 3.96. The highest BCUT2D eigenvalue weighted by atomic mass is 32.2. The van der Waals surface area contributed by atoms with Gasteiger partial charge in [0.2, 0.25) is 0 Å². The van der Waals surface area contributed by atoms with Crippen molar-refractivity contribution in [3.05, 3.63) is 10.4 Å². The molecular formula is C6H9NOS2. The zero-order valence-electron chi connectivity index (χ0n) is 5.90. The molecule has 0 aromatic carbocycles. The lowest BCUT2D eigenvalue weighted by Gasteiger charge is -2.11. The number of thioether (sulfide) groups is 2. The predicted octanol–water partition coefficient (Wildman–Crippen LogP) is 1.35. The molecule has 1 heterocycles. The molecule has 56 valence electrons. The van der Waals surface area contributed by atoms with Gasteiger partial charge in [-0.2, -0.15) is 0 Å². The molecule has 0 saturated heterocycles. The van der Waals surface area contributed by atoms with E-state index in [1.54, 1.807) is 23.5 Å². The van der Waals surface area contributed by atoms with Crippen LogP contribution in [0, 0.1) is 0 Å². The summed E-state index contributed by atoms with van der Waals surface area (Å²) < 4.78 is 0.0809. The van der Waals surface area contributed by atoms with E-state index in [2.05, 4.69) is 0 Å². The van der Waals surface area contributed by atoms with Crippen LogP contribution in [-0.2, 0) is 4.79 Å². The maximum atomic E-state index is 10.3. The molecule has 10 heavy (non-hydrogen) atoms. The molecule has 1 aliphatic heterocycles. The van der Waals surface area contributed by atoms with Gasteiger partial charge in [0.1, 0.15) is 10.9 Å². The Labute approximate surface area is 69.0 Å². The van der Waals surface area contributed by atoms with Gasteiger partial charge in [-0.15, -0.1) is 11.8 Å². The van der Waals surface area contributed by atoms with Crippen LogP contribution in [0.25, 0.3) is 0 Å². The average molecular weight is 175 g/mol. The van der Waals surface area contributed by atoms with E-state index in [1.165, 1.54) is 5.03 Å². The van der Waals surface area contributed by atoms with Crippen molar-refractivity contribution in [2.24, 2.45) is 0 Å². The van der Waals surface area contributed by atoms with Crippen molar-refractivity contribution in [1.29, 1.82) is 0 Å². The molecule has 4 heteroatoms. The molecule has 0 amide bonds. The van der Waals surface area contributed by atoms with E-state index in [1.807, 2.05) is 24.4 Å². The Hall–Kier alpha value is -0.0900. The van der Waals surface area contributed by atoms with Gasteiger partial charge < -0.3 is 9.69 Å². The summed E-state index contributed by atoms with van der Waals surface area (Å²) in [5, 5.41) is 3.19. The molecule has 1 aliphatic rings. The van der Waals surface area contributed by atoms with Gasteiger partial charge in [0, 0.05) is 19.5 Å². The quantitative estimate of drug-likeness (QED) is 0.590. The van der Waals surface area contributed by atoms with Gasteiger partial charge in [-0.1, -0.05) is 11.8 Å². The summed E-state index contributed by atoms with van der Waals surface area (Å²) in [6.45, 7) is 0. The van der Waals surface area contributed by atoms with E-state index in [0.29, 0.717) is 0 Å². The summed E-state index contributed by atoms with van der Waals surface area (Å²) in [6, 6.07) is 0. The average Bonchev–Trinajstić information content (AvgIpc) is 2.34. The molecule has 0 fully saturated rings. The third kappa shape index (κ3) is 1.70. The van der Waals surface area contributed by atoms with Crippen LogP contribution in [0.1, 0.15) is 0 Å². The number of nitrogens with zero attached hydrogens (tertiary/aromatic N) is 1. The van der Waals surface area contributed by atoms with Gasteiger partial charge in [0.15, 0.2) is 0 Å². The summed E-state index contributed by atoms with van der Waals surface area (Å²) in [4.78, 5) is 12.3. The summed E-state index contributed by atoms with van der Waals surface area (Å²) in [6.07, 6.45) is 0.975. The Balaban J connectivity index is 2.46. The zero-order chi connectivity index (χ0) is 7.56. The number of carbonyl (C=O) groups is 1. The molecule has 0 N–H and O–H groups in total. The van der Waals surface area contributed by atoms with Crippen LogP contribution >= 0.6 is 23.5 Å². The number of rotatable bonds is 2. The first-order valence-electron chi connectivity index (χ1n) is 2.89. The van der Waals surface area contributed by atoms with Crippen molar-refractivity contribution < 1.29 is 4.79 Å². The summed E-state index contributed by atoms with van der Waals surface area (Å²) in [5.41, 5.74) is 0. The standard InChI is InChI=1S/C6H9NOS2/c1-7(2)5-4-9-6(3-8)10-5/h3-4,6H,1-2H3.